The number of carbonyl (C=O) groups is 2. The Labute approximate surface area is 107 Å². The second kappa shape index (κ2) is 5.77. The first-order valence-electron chi connectivity index (χ1n) is 5.47. The zero-order valence-corrected chi connectivity index (χ0v) is 10.1. The van der Waals surface area contributed by atoms with Gasteiger partial charge < -0.3 is 14.6 Å². The van der Waals surface area contributed by atoms with Crippen molar-refractivity contribution >= 4 is 11.9 Å². The largest absolute Gasteiger partial charge is 0.480 e. The fourth-order valence-electron chi connectivity index (χ4n) is 1.63. The van der Waals surface area contributed by atoms with E-state index in [-0.39, 0.29) is 10.6 Å². The van der Waals surface area contributed by atoms with Crippen LogP contribution < -0.4 is 0 Å². The van der Waals surface area contributed by atoms with E-state index in [2.05, 4.69) is 0 Å². The maximum atomic E-state index is 12.3. The van der Waals surface area contributed by atoms with Gasteiger partial charge in [-0.1, -0.05) is 0 Å². The Morgan fingerprint density at radius 1 is 1.42 bits per heavy atom. The lowest BCUT2D eigenvalue weighted by Gasteiger charge is -2.22. The third kappa shape index (κ3) is 4.31. The third-order valence-electron chi connectivity index (χ3n) is 2.37. The van der Waals surface area contributed by atoms with Gasteiger partial charge in [-0.3, -0.25) is 9.59 Å². The molecule has 8 heteroatoms. The van der Waals surface area contributed by atoms with Crippen LogP contribution >= 0.6 is 0 Å². The van der Waals surface area contributed by atoms with E-state index >= 15 is 0 Å². The molecule has 1 N–H and O–H groups in total. The van der Waals surface area contributed by atoms with E-state index in [1.807, 2.05) is 0 Å². The van der Waals surface area contributed by atoms with Crippen molar-refractivity contribution in [2.45, 2.75) is 19.6 Å². The van der Waals surface area contributed by atoms with Gasteiger partial charge in [0.05, 0.1) is 0 Å². The molecule has 0 aliphatic carbocycles. The minimum Gasteiger partial charge on any atom is -0.480 e. The molecule has 0 aromatic carbocycles. The molecule has 0 fully saturated rings. The van der Waals surface area contributed by atoms with Gasteiger partial charge in [-0.2, -0.15) is 13.2 Å². The van der Waals surface area contributed by atoms with Crippen molar-refractivity contribution in [2.24, 2.45) is 0 Å². The lowest BCUT2D eigenvalue weighted by Crippen LogP contribution is -2.42. The summed E-state index contributed by atoms with van der Waals surface area (Å²) in [5.41, 5.74) is 0.0352. The van der Waals surface area contributed by atoms with Crippen molar-refractivity contribution in [1.29, 1.82) is 0 Å². The zero-order chi connectivity index (χ0) is 14.6. The monoisotopic (exact) mass is 278 g/mol. The molecule has 1 rings (SSSR count). The van der Waals surface area contributed by atoms with Crippen LogP contribution in [0.1, 0.15) is 17.4 Å². The van der Waals surface area contributed by atoms with Gasteiger partial charge in [0.15, 0.2) is 0 Å². The predicted octanol–water partition coefficient (Wildman–Crippen LogP) is 1.60. The number of hydrogen-bond donors (Lipinski definition) is 1. The van der Waals surface area contributed by atoms with Crippen LogP contribution in [0, 0.1) is 0 Å². The minimum atomic E-state index is -4.64. The molecule has 0 aliphatic rings. The summed E-state index contributed by atoms with van der Waals surface area (Å²) in [5, 5.41) is 8.59. The molecule has 1 heterocycles. The van der Waals surface area contributed by atoms with E-state index in [1.54, 1.807) is 13.1 Å². The molecule has 0 saturated carbocycles. The van der Waals surface area contributed by atoms with Crippen LogP contribution in [0.5, 0.6) is 0 Å². The Morgan fingerprint density at radius 3 is 2.53 bits per heavy atom. The number of aryl methyl sites for hydroxylation is 1. The molecule has 19 heavy (non-hydrogen) atoms. The average Bonchev–Trinajstić information content (AvgIpc) is 2.72. The predicted molar refractivity (Wildman–Crippen MR) is 59.7 cm³/mol. The summed E-state index contributed by atoms with van der Waals surface area (Å²) in [4.78, 5) is 22.8. The summed E-state index contributed by atoms with van der Waals surface area (Å²) in [6.07, 6.45) is -3.10. The molecular weight excluding hydrogens is 265 g/mol. The first-order chi connectivity index (χ1) is 8.74. The number of halogens is 3. The molecule has 1 aromatic rings. The summed E-state index contributed by atoms with van der Waals surface area (Å²) in [5.74, 6) is -2.45. The molecule has 5 nitrogen and oxygen atoms in total. The number of aliphatic carboxylic acids is 1. The van der Waals surface area contributed by atoms with Gasteiger partial charge in [0.25, 0.3) is 5.91 Å². The summed E-state index contributed by atoms with van der Waals surface area (Å²) in [6.45, 7) is -0.455. The molecule has 0 bridgehead atoms. The van der Waals surface area contributed by atoms with E-state index in [0.29, 0.717) is 6.54 Å². The fourth-order valence-corrected chi connectivity index (χ4v) is 1.63. The number of carbonyl (C=O) groups excluding carboxylic acids is 1. The van der Waals surface area contributed by atoms with E-state index in [4.69, 9.17) is 5.11 Å². The molecule has 0 aliphatic heterocycles. The Balaban J connectivity index is 2.97. The summed E-state index contributed by atoms with van der Waals surface area (Å²) in [6, 6.07) is 2.88. The molecule has 0 radical (unpaired) electrons. The normalized spacial score (nSPS) is 11.4. The molecule has 0 unspecified atom stereocenters. The van der Waals surface area contributed by atoms with Gasteiger partial charge in [0.1, 0.15) is 18.8 Å². The maximum Gasteiger partial charge on any atom is 0.406 e. The maximum absolute atomic E-state index is 12.3. The number of nitrogens with zero attached hydrogens (tertiary/aromatic N) is 2. The second-order valence-electron chi connectivity index (χ2n) is 3.85. The van der Waals surface area contributed by atoms with Gasteiger partial charge >= 0.3 is 12.1 Å². The highest BCUT2D eigenvalue weighted by Gasteiger charge is 2.34. The topological polar surface area (TPSA) is 62.5 Å². The first-order valence-corrected chi connectivity index (χ1v) is 5.47. The summed E-state index contributed by atoms with van der Waals surface area (Å²) >= 11 is 0. The molecule has 0 atom stereocenters. The van der Waals surface area contributed by atoms with Crippen LogP contribution in [0.25, 0.3) is 0 Å². The smallest absolute Gasteiger partial charge is 0.406 e. The lowest BCUT2D eigenvalue weighted by atomic mass is 10.3. The van der Waals surface area contributed by atoms with Gasteiger partial charge in [-0.05, 0) is 19.1 Å². The molecule has 1 amide bonds. The highest BCUT2D eigenvalue weighted by Crippen LogP contribution is 2.18. The van der Waals surface area contributed by atoms with E-state index in [1.165, 1.54) is 16.7 Å². The Hall–Kier alpha value is -1.99. The van der Waals surface area contributed by atoms with Gasteiger partial charge in [-0.25, -0.2) is 0 Å². The van der Waals surface area contributed by atoms with E-state index in [0.717, 1.165) is 0 Å². The fraction of sp³-hybridized carbons (Fsp3) is 0.455. The number of carboxylic acid groups (broad SMARTS) is 1. The SMILES string of the molecule is CCn1cccc1C(=O)N(CC(=O)O)CC(F)(F)F. The quantitative estimate of drug-likeness (QED) is 0.889. The second-order valence-corrected chi connectivity index (χ2v) is 3.85. The number of rotatable bonds is 5. The minimum absolute atomic E-state index is 0.0352. The summed E-state index contributed by atoms with van der Waals surface area (Å²) in [7, 11) is 0. The number of hydrogen-bond acceptors (Lipinski definition) is 2. The van der Waals surface area contributed by atoms with Gasteiger partial charge in [0, 0.05) is 12.7 Å². The van der Waals surface area contributed by atoms with Crippen molar-refractivity contribution in [2.75, 3.05) is 13.1 Å². The molecule has 0 saturated heterocycles. The van der Waals surface area contributed by atoms with E-state index < -0.39 is 31.1 Å². The summed E-state index contributed by atoms with van der Waals surface area (Å²) < 4.78 is 38.5. The van der Waals surface area contributed by atoms with Crippen LogP contribution in [-0.2, 0) is 11.3 Å². The van der Waals surface area contributed by atoms with Crippen molar-refractivity contribution in [3.05, 3.63) is 24.0 Å². The number of aromatic nitrogens is 1. The van der Waals surface area contributed by atoms with Crippen molar-refractivity contribution < 1.29 is 27.9 Å². The van der Waals surface area contributed by atoms with Crippen LogP contribution in [0.15, 0.2) is 18.3 Å². The molecular formula is C11H13F3N2O3. The number of carboxylic acids is 1. The van der Waals surface area contributed by atoms with Crippen LogP contribution in [-0.4, -0.2) is 45.7 Å². The van der Waals surface area contributed by atoms with Crippen LogP contribution in [0.2, 0.25) is 0 Å². The number of alkyl halides is 3. The van der Waals surface area contributed by atoms with Crippen molar-refractivity contribution in [1.82, 2.24) is 9.47 Å². The van der Waals surface area contributed by atoms with Crippen molar-refractivity contribution in [3.63, 3.8) is 0 Å². The highest BCUT2D eigenvalue weighted by molar-refractivity contribution is 5.94. The molecule has 0 spiro atoms. The molecule has 1 aromatic heterocycles. The lowest BCUT2D eigenvalue weighted by molar-refractivity contribution is -0.149. The van der Waals surface area contributed by atoms with Gasteiger partial charge in [0.2, 0.25) is 0 Å². The Kier molecular flexibility index (Phi) is 4.57. The van der Waals surface area contributed by atoms with E-state index in [9.17, 15) is 22.8 Å². The van der Waals surface area contributed by atoms with Gasteiger partial charge in [-0.15, -0.1) is 0 Å². The Bertz CT molecular complexity index is 468. The zero-order valence-electron chi connectivity index (χ0n) is 10.1. The van der Waals surface area contributed by atoms with Crippen molar-refractivity contribution in [3.8, 4) is 0 Å². The molecule has 106 valence electrons. The standard InChI is InChI=1S/C11H13F3N2O3/c1-2-15-5-3-4-8(15)10(19)16(6-9(17)18)7-11(12,13)14/h3-5H,2,6-7H2,1H3,(H,17,18). The Morgan fingerprint density at radius 2 is 2.05 bits per heavy atom. The third-order valence-corrected chi connectivity index (χ3v) is 2.37. The first kappa shape index (κ1) is 15.1. The number of amides is 1. The average molecular weight is 278 g/mol. The highest BCUT2D eigenvalue weighted by atomic mass is 19.4. The van der Waals surface area contributed by atoms with Crippen LogP contribution in [0.4, 0.5) is 13.2 Å². The van der Waals surface area contributed by atoms with Crippen LogP contribution in [0.3, 0.4) is 0 Å².